The Hall–Kier alpha value is -1.38. The highest BCUT2D eigenvalue weighted by Crippen LogP contribution is 2.25. The molecule has 0 radical (unpaired) electrons. The molecule has 1 saturated heterocycles. The second-order valence-electron chi connectivity index (χ2n) is 6.01. The molecule has 2 heteroatoms. The molecule has 2 atom stereocenters. The molecule has 2 nitrogen and oxygen atoms in total. The van der Waals surface area contributed by atoms with Crippen molar-refractivity contribution in [3.8, 4) is 0 Å². The van der Waals surface area contributed by atoms with Gasteiger partial charge in [0.1, 0.15) is 0 Å². The lowest BCUT2D eigenvalue weighted by molar-refractivity contribution is 0.101. The van der Waals surface area contributed by atoms with Crippen LogP contribution in [0.5, 0.6) is 0 Å². The molecular weight excluding hydrogens is 258 g/mol. The molecule has 21 heavy (non-hydrogen) atoms. The van der Waals surface area contributed by atoms with E-state index < -0.39 is 0 Å². The van der Waals surface area contributed by atoms with Crippen molar-refractivity contribution >= 4 is 10.8 Å². The van der Waals surface area contributed by atoms with Crippen molar-refractivity contribution in [3.63, 3.8) is 0 Å². The lowest BCUT2D eigenvalue weighted by Gasteiger charge is -2.18. The zero-order valence-corrected chi connectivity index (χ0v) is 12.8. The Morgan fingerprint density at radius 1 is 1.19 bits per heavy atom. The topological polar surface area (TPSA) is 21.3 Å². The van der Waals surface area contributed by atoms with Gasteiger partial charge in [0.15, 0.2) is 0 Å². The van der Waals surface area contributed by atoms with Crippen LogP contribution >= 0.6 is 0 Å². The minimum Gasteiger partial charge on any atom is -0.378 e. The highest BCUT2D eigenvalue weighted by Gasteiger charge is 2.16. The molecule has 112 valence electrons. The van der Waals surface area contributed by atoms with Crippen LogP contribution in [0.4, 0.5) is 0 Å². The van der Waals surface area contributed by atoms with Crippen LogP contribution in [0.1, 0.15) is 43.7 Å². The first kappa shape index (κ1) is 14.6. The maximum atomic E-state index is 5.71. The van der Waals surface area contributed by atoms with Gasteiger partial charge in [0.25, 0.3) is 0 Å². The Kier molecular flexibility index (Phi) is 4.89. The van der Waals surface area contributed by atoms with Gasteiger partial charge in [-0.1, -0.05) is 36.4 Å². The lowest BCUT2D eigenvalue weighted by atomic mass is 9.97. The third kappa shape index (κ3) is 3.63. The van der Waals surface area contributed by atoms with Crippen LogP contribution in [0.15, 0.2) is 42.5 Å². The number of benzene rings is 2. The molecule has 0 bridgehead atoms. The molecule has 1 aliphatic rings. The minimum absolute atomic E-state index is 0.441. The highest BCUT2D eigenvalue weighted by molar-refractivity contribution is 5.83. The van der Waals surface area contributed by atoms with Gasteiger partial charge in [-0.05, 0) is 61.6 Å². The van der Waals surface area contributed by atoms with E-state index in [0.717, 1.165) is 6.61 Å². The van der Waals surface area contributed by atoms with Crippen molar-refractivity contribution in [1.82, 2.24) is 5.32 Å². The predicted molar refractivity (Wildman–Crippen MR) is 88.6 cm³/mol. The molecule has 1 N–H and O–H groups in total. The van der Waals surface area contributed by atoms with Crippen LogP contribution in [0, 0.1) is 0 Å². The SMILES string of the molecule is CNC(CCCC1CCCO1)c1ccc2ccccc2c1. The van der Waals surface area contributed by atoms with E-state index in [4.69, 9.17) is 4.74 Å². The van der Waals surface area contributed by atoms with Crippen molar-refractivity contribution in [1.29, 1.82) is 0 Å². The van der Waals surface area contributed by atoms with E-state index in [0.29, 0.717) is 12.1 Å². The van der Waals surface area contributed by atoms with Gasteiger partial charge in [-0.15, -0.1) is 0 Å². The number of ether oxygens (including phenoxy) is 1. The van der Waals surface area contributed by atoms with Gasteiger partial charge in [-0.25, -0.2) is 0 Å². The Balaban J connectivity index is 1.63. The molecule has 3 rings (SSSR count). The Morgan fingerprint density at radius 2 is 2.05 bits per heavy atom. The fraction of sp³-hybridized carbons (Fsp3) is 0.474. The summed E-state index contributed by atoms with van der Waals surface area (Å²) < 4.78 is 5.71. The summed E-state index contributed by atoms with van der Waals surface area (Å²) in [5.74, 6) is 0. The van der Waals surface area contributed by atoms with E-state index in [9.17, 15) is 0 Å². The van der Waals surface area contributed by atoms with E-state index in [2.05, 4.69) is 54.8 Å². The fourth-order valence-corrected chi connectivity index (χ4v) is 3.32. The monoisotopic (exact) mass is 283 g/mol. The molecule has 0 saturated carbocycles. The molecule has 2 unspecified atom stereocenters. The average molecular weight is 283 g/mol. The summed E-state index contributed by atoms with van der Waals surface area (Å²) in [5, 5.41) is 6.11. The lowest BCUT2D eigenvalue weighted by Crippen LogP contribution is -2.17. The summed E-state index contributed by atoms with van der Waals surface area (Å²) in [6.45, 7) is 0.963. The fourth-order valence-electron chi connectivity index (χ4n) is 3.32. The van der Waals surface area contributed by atoms with Gasteiger partial charge >= 0.3 is 0 Å². The normalized spacial score (nSPS) is 20.0. The highest BCUT2D eigenvalue weighted by atomic mass is 16.5. The molecule has 0 amide bonds. The summed E-state index contributed by atoms with van der Waals surface area (Å²) in [7, 11) is 2.06. The van der Waals surface area contributed by atoms with Gasteiger partial charge in [0.2, 0.25) is 0 Å². The maximum absolute atomic E-state index is 5.71. The first-order chi connectivity index (χ1) is 10.4. The average Bonchev–Trinajstić information content (AvgIpc) is 3.04. The van der Waals surface area contributed by atoms with Crippen molar-refractivity contribution in [2.75, 3.05) is 13.7 Å². The zero-order chi connectivity index (χ0) is 14.5. The largest absolute Gasteiger partial charge is 0.378 e. The van der Waals surface area contributed by atoms with E-state index >= 15 is 0 Å². The Morgan fingerprint density at radius 3 is 2.81 bits per heavy atom. The van der Waals surface area contributed by atoms with Crippen molar-refractivity contribution in [3.05, 3.63) is 48.0 Å². The molecular formula is C19H25NO. The molecule has 0 aromatic heterocycles. The summed E-state index contributed by atoms with van der Waals surface area (Å²) in [4.78, 5) is 0. The number of rotatable bonds is 6. The van der Waals surface area contributed by atoms with Gasteiger partial charge in [0, 0.05) is 12.6 Å². The predicted octanol–water partition coefficient (Wildman–Crippen LogP) is 4.45. The van der Waals surface area contributed by atoms with Crippen LogP contribution in [-0.2, 0) is 4.74 Å². The van der Waals surface area contributed by atoms with Crippen molar-refractivity contribution in [2.45, 2.75) is 44.2 Å². The first-order valence-corrected chi connectivity index (χ1v) is 8.14. The van der Waals surface area contributed by atoms with Gasteiger partial charge in [-0.3, -0.25) is 0 Å². The second-order valence-corrected chi connectivity index (χ2v) is 6.01. The molecule has 1 aliphatic heterocycles. The number of fused-ring (bicyclic) bond motifs is 1. The van der Waals surface area contributed by atoms with Crippen molar-refractivity contribution in [2.24, 2.45) is 0 Å². The number of hydrogen-bond donors (Lipinski definition) is 1. The Labute approximate surface area is 127 Å². The summed E-state index contributed by atoms with van der Waals surface area (Å²) in [6, 6.07) is 15.8. The first-order valence-electron chi connectivity index (χ1n) is 8.14. The van der Waals surface area contributed by atoms with Crippen LogP contribution < -0.4 is 5.32 Å². The van der Waals surface area contributed by atoms with Crippen LogP contribution in [0.3, 0.4) is 0 Å². The van der Waals surface area contributed by atoms with E-state index in [1.165, 1.54) is 48.4 Å². The molecule has 2 aromatic rings. The molecule has 1 heterocycles. The van der Waals surface area contributed by atoms with Crippen LogP contribution in [0.25, 0.3) is 10.8 Å². The second kappa shape index (κ2) is 7.06. The summed E-state index contributed by atoms with van der Waals surface area (Å²) in [6.07, 6.45) is 6.60. The Bertz CT molecular complexity index is 575. The van der Waals surface area contributed by atoms with E-state index in [1.807, 2.05) is 0 Å². The minimum atomic E-state index is 0.441. The summed E-state index contributed by atoms with van der Waals surface area (Å²) in [5.41, 5.74) is 1.39. The summed E-state index contributed by atoms with van der Waals surface area (Å²) >= 11 is 0. The quantitative estimate of drug-likeness (QED) is 0.845. The smallest absolute Gasteiger partial charge is 0.0576 e. The maximum Gasteiger partial charge on any atom is 0.0576 e. The zero-order valence-electron chi connectivity index (χ0n) is 12.8. The van der Waals surface area contributed by atoms with Gasteiger partial charge < -0.3 is 10.1 Å². The number of hydrogen-bond acceptors (Lipinski definition) is 2. The van der Waals surface area contributed by atoms with E-state index in [1.54, 1.807) is 0 Å². The molecule has 2 aromatic carbocycles. The molecule has 0 aliphatic carbocycles. The van der Waals surface area contributed by atoms with Gasteiger partial charge in [0.05, 0.1) is 6.10 Å². The van der Waals surface area contributed by atoms with E-state index in [-0.39, 0.29) is 0 Å². The molecule has 0 spiro atoms. The van der Waals surface area contributed by atoms with Crippen LogP contribution in [-0.4, -0.2) is 19.8 Å². The number of nitrogens with one attached hydrogen (secondary N) is 1. The standard InChI is InChI=1S/C19H25NO/c1-20-19(10-4-8-18-9-5-13-21-18)17-12-11-15-6-2-3-7-16(15)14-17/h2-3,6-7,11-12,14,18-20H,4-5,8-10,13H2,1H3. The third-order valence-electron chi connectivity index (χ3n) is 4.57. The van der Waals surface area contributed by atoms with Crippen LogP contribution in [0.2, 0.25) is 0 Å². The molecule has 1 fully saturated rings. The third-order valence-corrected chi connectivity index (χ3v) is 4.57. The van der Waals surface area contributed by atoms with Gasteiger partial charge in [-0.2, -0.15) is 0 Å². The van der Waals surface area contributed by atoms with Crippen molar-refractivity contribution < 1.29 is 4.74 Å².